The van der Waals surface area contributed by atoms with Crippen LogP contribution in [-0.2, 0) is 4.79 Å². The standard InChI is InChI=1S/C18H13NO3S2/c1-11-6-2-5-9-14(11)19-16(20)15(24-18(19)23)10-12-7-3-4-8-13(12)17(21)22/h2-10H,1H3,(H,21,22)/b15-10+. The van der Waals surface area contributed by atoms with Gasteiger partial charge in [0, 0.05) is 0 Å². The maximum atomic E-state index is 12.8. The molecule has 0 radical (unpaired) electrons. The molecule has 4 nitrogen and oxygen atoms in total. The summed E-state index contributed by atoms with van der Waals surface area (Å²) in [7, 11) is 0. The lowest BCUT2D eigenvalue weighted by Gasteiger charge is -2.16. The van der Waals surface area contributed by atoms with Crippen LogP contribution in [0.2, 0.25) is 0 Å². The van der Waals surface area contributed by atoms with E-state index in [-0.39, 0.29) is 11.5 Å². The number of aryl methyl sites for hydroxylation is 1. The fraction of sp³-hybridized carbons (Fsp3) is 0.0556. The molecule has 24 heavy (non-hydrogen) atoms. The van der Waals surface area contributed by atoms with Gasteiger partial charge in [-0.3, -0.25) is 9.69 Å². The average molecular weight is 355 g/mol. The van der Waals surface area contributed by atoms with Gasteiger partial charge in [-0.05, 0) is 36.3 Å². The number of carboxylic acid groups (broad SMARTS) is 1. The zero-order valence-electron chi connectivity index (χ0n) is 12.7. The number of carbonyl (C=O) groups is 2. The topological polar surface area (TPSA) is 57.6 Å². The molecule has 0 unspecified atom stereocenters. The van der Waals surface area contributed by atoms with Crippen LogP contribution in [0.3, 0.4) is 0 Å². The van der Waals surface area contributed by atoms with Crippen LogP contribution in [-0.4, -0.2) is 21.3 Å². The number of thiocarbonyl (C=S) groups is 1. The molecule has 1 amide bonds. The Hall–Kier alpha value is -2.44. The lowest BCUT2D eigenvalue weighted by atomic mass is 10.1. The van der Waals surface area contributed by atoms with E-state index in [9.17, 15) is 14.7 Å². The highest BCUT2D eigenvalue weighted by molar-refractivity contribution is 8.27. The smallest absolute Gasteiger partial charge is 0.336 e. The van der Waals surface area contributed by atoms with E-state index in [1.165, 1.54) is 22.7 Å². The molecule has 0 aromatic heterocycles. The van der Waals surface area contributed by atoms with Gasteiger partial charge in [0.05, 0.1) is 16.2 Å². The molecule has 0 atom stereocenters. The highest BCUT2D eigenvalue weighted by Gasteiger charge is 2.34. The Morgan fingerprint density at radius 2 is 1.83 bits per heavy atom. The third kappa shape index (κ3) is 2.98. The van der Waals surface area contributed by atoms with Gasteiger partial charge in [-0.15, -0.1) is 0 Å². The molecule has 0 bridgehead atoms. The summed E-state index contributed by atoms with van der Waals surface area (Å²) < 4.78 is 0.438. The molecule has 1 N–H and O–H groups in total. The van der Waals surface area contributed by atoms with Crippen LogP contribution in [0.25, 0.3) is 6.08 Å². The average Bonchev–Trinajstić information content (AvgIpc) is 2.82. The fourth-order valence-corrected chi connectivity index (χ4v) is 3.72. The van der Waals surface area contributed by atoms with Crippen molar-refractivity contribution >= 4 is 51.9 Å². The minimum atomic E-state index is -1.03. The normalized spacial score (nSPS) is 16.0. The molecular formula is C18H13NO3S2. The number of amides is 1. The number of thioether (sulfide) groups is 1. The number of carboxylic acids is 1. The van der Waals surface area contributed by atoms with E-state index in [1.807, 2.05) is 31.2 Å². The van der Waals surface area contributed by atoms with Gasteiger partial charge in [0.25, 0.3) is 5.91 Å². The first-order valence-electron chi connectivity index (χ1n) is 7.15. The number of hydrogen-bond donors (Lipinski definition) is 1. The molecule has 0 spiro atoms. The van der Waals surface area contributed by atoms with E-state index in [4.69, 9.17) is 12.2 Å². The van der Waals surface area contributed by atoms with E-state index in [1.54, 1.807) is 24.3 Å². The molecular weight excluding hydrogens is 342 g/mol. The van der Waals surface area contributed by atoms with Gasteiger partial charge in [0.1, 0.15) is 0 Å². The third-order valence-corrected chi connectivity index (χ3v) is 4.93. The second-order valence-corrected chi connectivity index (χ2v) is 6.87. The predicted molar refractivity (Wildman–Crippen MR) is 100 cm³/mol. The van der Waals surface area contributed by atoms with Crippen LogP contribution in [0.15, 0.2) is 53.4 Å². The highest BCUT2D eigenvalue weighted by Crippen LogP contribution is 2.37. The molecule has 1 aliphatic rings. The van der Waals surface area contributed by atoms with Gasteiger partial charge in [-0.25, -0.2) is 4.79 Å². The van der Waals surface area contributed by atoms with Crippen molar-refractivity contribution in [3.8, 4) is 0 Å². The number of nitrogens with zero attached hydrogens (tertiary/aromatic N) is 1. The summed E-state index contributed by atoms with van der Waals surface area (Å²) in [6, 6.07) is 14.1. The molecule has 1 aliphatic heterocycles. The van der Waals surface area contributed by atoms with Crippen molar-refractivity contribution in [2.75, 3.05) is 4.90 Å². The fourth-order valence-electron chi connectivity index (χ4n) is 2.45. The number of benzene rings is 2. The molecule has 1 heterocycles. The number of carbonyl (C=O) groups excluding carboxylic acids is 1. The van der Waals surface area contributed by atoms with Crippen molar-refractivity contribution in [3.05, 3.63) is 70.1 Å². The highest BCUT2D eigenvalue weighted by atomic mass is 32.2. The van der Waals surface area contributed by atoms with Crippen LogP contribution in [0, 0.1) is 6.92 Å². The van der Waals surface area contributed by atoms with Crippen LogP contribution in [0.5, 0.6) is 0 Å². The van der Waals surface area contributed by atoms with Gasteiger partial charge in [0.15, 0.2) is 4.32 Å². The van der Waals surface area contributed by atoms with Crippen LogP contribution in [0.4, 0.5) is 5.69 Å². The molecule has 2 aromatic carbocycles. The first-order chi connectivity index (χ1) is 11.5. The Labute approximate surface area is 148 Å². The number of para-hydroxylation sites is 1. The van der Waals surface area contributed by atoms with Gasteiger partial charge >= 0.3 is 5.97 Å². The van der Waals surface area contributed by atoms with Crippen molar-refractivity contribution in [1.82, 2.24) is 0 Å². The zero-order valence-corrected chi connectivity index (χ0v) is 14.4. The molecule has 0 aliphatic carbocycles. The van der Waals surface area contributed by atoms with E-state index in [2.05, 4.69) is 0 Å². The Morgan fingerprint density at radius 1 is 1.17 bits per heavy atom. The Kier molecular flexibility index (Phi) is 4.51. The summed E-state index contributed by atoms with van der Waals surface area (Å²) >= 11 is 6.52. The minimum Gasteiger partial charge on any atom is -0.478 e. The zero-order chi connectivity index (χ0) is 17.3. The molecule has 120 valence electrons. The molecule has 1 saturated heterocycles. The number of aromatic carboxylic acids is 1. The SMILES string of the molecule is Cc1ccccc1N1C(=O)/C(=C\c2ccccc2C(=O)O)SC1=S. The van der Waals surface area contributed by atoms with Crippen LogP contribution in [0.1, 0.15) is 21.5 Å². The Bertz CT molecular complexity index is 889. The monoisotopic (exact) mass is 355 g/mol. The molecule has 3 rings (SSSR count). The first kappa shape index (κ1) is 16.4. The summed E-state index contributed by atoms with van der Waals surface area (Å²) in [5.74, 6) is -1.27. The van der Waals surface area contributed by atoms with Crippen molar-refractivity contribution in [3.63, 3.8) is 0 Å². The maximum absolute atomic E-state index is 12.8. The van der Waals surface area contributed by atoms with E-state index < -0.39 is 5.97 Å². The number of rotatable bonds is 3. The molecule has 6 heteroatoms. The lowest BCUT2D eigenvalue weighted by molar-refractivity contribution is -0.113. The Morgan fingerprint density at radius 3 is 2.54 bits per heavy atom. The molecule has 2 aromatic rings. The van der Waals surface area contributed by atoms with Crippen LogP contribution >= 0.6 is 24.0 Å². The number of hydrogen-bond acceptors (Lipinski definition) is 4. The third-order valence-electron chi connectivity index (χ3n) is 3.63. The van der Waals surface area contributed by atoms with E-state index in [0.717, 1.165) is 11.3 Å². The lowest BCUT2D eigenvalue weighted by Crippen LogP contribution is -2.28. The summed E-state index contributed by atoms with van der Waals surface area (Å²) in [6.45, 7) is 1.91. The summed E-state index contributed by atoms with van der Waals surface area (Å²) in [4.78, 5) is 26.0. The summed E-state index contributed by atoms with van der Waals surface area (Å²) in [6.07, 6.45) is 1.58. The molecule has 1 fully saturated rings. The van der Waals surface area contributed by atoms with Gasteiger partial charge in [-0.1, -0.05) is 60.4 Å². The second kappa shape index (κ2) is 6.59. The summed E-state index contributed by atoms with van der Waals surface area (Å²) in [5.41, 5.74) is 2.32. The van der Waals surface area contributed by atoms with Crippen molar-refractivity contribution < 1.29 is 14.7 Å². The summed E-state index contributed by atoms with van der Waals surface area (Å²) in [5, 5.41) is 9.27. The Balaban J connectivity index is 2.01. The van der Waals surface area contributed by atoms with Gasteiger partial charge in [-0.2, -0.15) is 0 Å². The van der Waals surface area contributed by atoms with E-state index >= 15 is 0 Å². The number of anilines is 1. The quantitative estimate of drug-likeness (QED) is 0.663. The predicted octanol–water partition coefficient (Wildman–Crippen LogP) is 4.10. The van der Waals surface area contributed by atoms with Crippen molar-refractivity contribution in [2.45, 2.75) is 6.92 Å². The van der Waals surface area contributed by atoms with E-state index in [0.29, 0.717) is 14.8 Å². The minimum absolute atomic E-state index is 0.152. The largest absolute Gasteiger partial charge is 0.478 e. The molecule has 0 saturated carbocycles. The van der Waals surface area contributed by atoms with Crippen molar-refractivity contribution in [1.29, 1.82) is 0 Å². The second-order valence-electron chi connectivity index (χ2n) is 5.20. The van der Waals surface area contributed by atoms with Crippen LogP contribution < -0.4 is 4.90 Å². The van der Waals surface area contributed by atoms with Crippen molar-refractivity contribution in [2.24, 2.45) is 0 Å². The first-order valence-corrected chi connectivity index (χ1v) is 8.37. The maximum Gasteiger partial charge on any atom is 0.336 e. The van der Waals surface area contributed by atoms with Gasteiger partial charge < -0.3 is 5.11 Å². The van der Waals surface area contributed by atoms with Gasteiger partial charge in [0.2, 0.25) is 0 Å².